The Labute approximate surface area is 194 Å². The third-order valence-electron chi connectivity index (χ3n) is 5.70. The van der Waals surface area contributed by atoms with Crippen LogP contribution in [0.4, 0.5) is 17.6 Å². The van der Waals surface area contributed by atoms with Crippen LogP contribution in [-0.4, -0.2) is 19.5 Å². The van der Waals surface area contributed by atoms with Crippen molar-refractivity contribution in [1.82, 2.24) is 19.5 Å². The van der Waals surface area contributed by atoms with E-state index in [0.717, 1.165) is 29.5 Å². The molecule has 5 rings (SSSR count). The molecule has 34 heavy (non-hydrogen) atoms. The zero-order chi connectivity index (χ0) is 24.4. The van der Waals surface area contributed by atoms with Crippen LogP contribution in [0.5, 0.6) is 0 Å². The number of hydrogen-bond donors (Lipinski definition) is 1. The highest BCUT2D eigenvalue weighted by Gasteiger charge is 2.33. The molecular weight excluding hydrogens is 472 g/mol. The van der Waals surface area contributed by atoms with Crippen molar-refractivity contribution in [2.45, 2.75) is 20.0 Å². The number of hydrogen-bond acceptors (Lipinski definition) is 3. The first-order valence-corrected chi connectivity index (χ1v) is 10.5. The molecule has 0 saturated carbocycles. The van der Waals surface area contributed by atoms with E-state index in [1.165, 1.54) is 22.9 Å². The lowest BCUT2D eigenvalue weighted by molar-refractivity contribution is -0.141. The molecule has 0 aliphatic rings. The molecule has 10 heteroatoms. The second kappa shape index (κ2) is 7.66. The van der Waals surface area contributed by atoms with Crippen LogP contribution in [0.2, 0.25) is 5.02 Å². The van der Waals surface area contributed by atoms with E-state index in [4.69, 9.17) is 11.6 Å². The highest BCUT2D eigenvalue weighted by Crippen LogP contribution is 2.31. The first-order chi connectivity index (χ1) is 16.0. The average molecular weight is 487 g/mol. The Morgan fingerprint density at radius 1 is 1.06 bits per heavy atom. The van der Waals surface area contributed by atoms with Gasteiger partial charge in [0.1, 0.15) is 17.3 Å². The van der Waals surface area contributed by atoms with Gasteiger partial charge in [0.25, 0.3) is 0 Å². The average Bonchev–Trinajstić information content (AvgIpc) is 3.18. The van der Waals surface area contributed by atoms with Gasteiger partial charge in [-0.1, -0.05) is 11.6 Å². The van der Waals surface area contributed by atoms with Crippen LogP contribution in [0.15, 0.2) is 53.6 Å². The van der Waals surface area contributed by atoms with E-state index in [1.807, 2.05) is 13.8 Å². The maximum atomic E-state index is 14.9. The van der Waals surface area contributed by atoms with Crippen molar-refractivity contribution in [3.63, 3.8) is 0 Å². The molecule has 5 nitrogen and oxygen atoms in total. The number of nitrogens with one attached hydrogen (secondary N) is 1. The Kier molecular flexibility index (Phi) is 4.98. The van der Waals surface area contributed by atoms with Crippen molar-refractivity contribution in [3.05, 3.63) is 86.7 Å². The van der Waals surface area contributed by atoms with Crippen LogP contribution in [0.25, 0.3) is 39.0 Å². The van der Waals surface area contributed by atoms with Crippen LogP contribution in [0.1, 0.15) is 16.8 Å². The molecule has 0 aliphatic heterocycles. The number of nitrogens with zero attached hydrogens (tertiary/aromatic N) is 3. The molecule has 1 N–H and O–H groups in total. The quantitative estimate of drug-likeness (QED) is 0.295. The lowest BCUT2D eigenvalue weighted by atomic mass is 10.0. The first-order valence-electron chi connectivity index (χ1n) is 10.1. The summed E-state index contributed by atoms with van der Waals surface area (Å²) < 4.78 is 55.6. The third kappa shape index (κ3) is 3.62. The van der Waals surface area contributed by atoms with Crippen molar-refractivity contribution in [3.8, 4) is 17.1 Å². The number of rotatable bonds is 2. The summed E-state index contributed by atoms with van der Waals surface area (Å²) >= 11 is 5.91. The summed E-state index contributed by atoms with van der Waals surface area (Å²) in [6.07, 6.45) is -2.20. The molecule has 3 heterocycles. The monoisotopic (exact) mass is 486 g/mol. The number of aryl methyl sites for hydroxylation is 2. The number of fused-ring (bicyclic) bond motifs is 2. The molecule has 0 amide bonds. The summed E-state index contributed by atoms with van der Waals surface area (Å²) in [4.78, 5) is 23.9. The summed E-state index contributed by atoms with van der Waals surface area (Å²) in [5.41, 5.74) is 1.18. The lowest BCUT2D eigenvalue weighted by Crippen LogP contribution is -2.13. The van der Waals surface area contributed by atoms with Gasteiger partial charge in [-0.2, -0.15) is 13.2 Å². The van der Waals surface area contributed by atoms with E-state index < -0.39 is 23.1 Å². The Hall–Kier alpha value is -3.72. The molecule has 0 saturated heterocycles. The summed E-state index contributed by atoms with van der Waals surface area (Å²) in [7, 11) is 0. The van der Waals surface area contributed by atoms with Gasteiger partial charge in [-0.3, -0.25) is 4.79 Å². The Morgan fingerprint density at radius 2 is 1.79 bits per heavy atom. The molecule has 5 aromatic rings. The Bertz CT molecular complexity index is 1670. The molecule has 3 aromatic heterocycles. The molecular formula is C24H15ClF4N4O. The molecule has 0 unspecified atom stereocenters. The molecule has 0 radical (unpaired) electrons. The molecule has 0 spiro atoms. The predicted octanol–water partition coefficient (Wildman–Crippen LogP) is 6.36. The number of alkyl halides is 3. The molecule has 0 bridgehead atoms. The van der Waals surface area contributed by atoms with Crippen LogP contribution >= 0.6 is 11.6 Å². The zero-order valence-electron chi connectivity index (χ0n) is 17.8. The van der Waals surface area contributed by atoms with Gasteiger partial charge < -0.3 is 9.55 Å². The van der Waals surface area contributed by atoms with Gasteiger partial charge in [0, 0.05) is 16.6 Å². The number of H-pyrrole nitrogens is 1. The molecule has 172 valence electrons. The first kappa shape index (κ1) is 22.1. The van der Waals surface area contributed by atoms with Gasteiger partial charge in [-0.05, 0) is 61.4 Å². The zero-order valence-corrected chi connectivity index (χ0v) is 18.5. The highest BCUT2D eigenvalue weighted by atomic mass is 35.5. The van der Waals surface area contributed by atoms with E-state index >= 15 is 0 Å². The van der Waals surface area contributed by atoms with E-state index in [2.05, 4.69) is 15.0 Å². The van der Waals surface area contributed by atoms with Gasteiger partial charge in [0.15, 0.2) is 5.43 Å². The number of benzene rings is 2. The highest BCUT2D eigenvalue weighted by molar-refractivity contribution is 6.30. The number of aromatic amines is 1. The van der Waals surface area contributed by atoms with Crippen molar-refractivity contribution >= 4 is 33.5 Å². The van der Waals surface area contributed by atoms with Crippen molar-refractivity contribution in [2.24, 2.45) is 0 Å². The maximum absolute atomic E-state index is 14.9. The largest absolute Gasteiger partial charge is 0.433 e. The van der Waals surface area contributed by atoms with Crippen LogP contribution in [-0.2, 0) is 6.18 Å². The van der Waals surface area contributed by atoms with E-state index in [0.29, 0.717) is 10.9 Å². The minimum atomic E-state index is -4.63. The normalized spacial score (nSPS) is 12.1. The number of imidazole rings is 1. The summed E-state index contributed by atoms with van der Waals surface area (Å²) in [5.74, 6) is -0.561. The molecule has 2 aromatic carbocycles. The minimum absolute atomic E-state index is 0.00105. The van der Waals surface area contributed by atoms with Crippen LogP contribution < -0.4 is 5.43 Å². The second-order valence-electron chi connectivity index (χ2n) is 7.96. The molecule has 0 atom stereocenters. The lowest BCUT2D eigenvalue weighted by Gasteiger charge is -2.15. The third-order valence-corrected chi connectivity index (χ3v) is 5.94. The minimum Gasteiger partial charge on any atom is -0.337 e. The summed E-state index contributed by atoms with van der Waals surface area (Å²) in [6, 6.07) is 8.46. The van der Waals surface area contributed by atoms with Crippen molar-refractivity contribution < 1.29 is 17.6 Å². The van der Waals surface area contributed by atoms with Crippen LogP contribution in [0.3, 0.4) is 0 Å². The Morgan fingerprint density at radius 3 is 2.50 bits per heavy atom. The van der Waals surface area contributed by atoms with Gasteiger partial charge >= 0.3 is 6.18 Å². The van der Waals surface area contributed by atoms with Gasteiger partial charge in [0.05, 0.1) is 34.0 Å². The fraction of sp³-hybridized carbons (Fsp3) is 0.125. The van der Waals surface area contributed by atoms with E-state index in [9.17, 15) is 22.4 Å². The van der Waals surface area contributed by atoms with E-state index in [-0.39, 0.29) is 33.1 Å². The second-order valence-corrected chi connectivity index (χ2v) is 8.40. The summed E-state index contributed by atoms with van der Waals surface area (Å²) in [5, 5.41) is 0.522. The van der Waals surface area contributed by atoms with E-state index in [1.54, 1.807) is 12.1 Å². The maximum Gasteiger partial charge on any atom is 0.433 e. The van der Waals surface area contributed by atoms with Gasteiger partial charge in [-0.25, -0.2) is 14.4 Å². The predicted molar refractivity (Wildman–Crippen MR) is 122 cm³/mol. The topological polar surface area (TPSA) is 63.6 Å². The summed E-state index contributed by atoms with van der Waals surface area (Å²) in [6.45, 7) is 3.72. The SMILES string of the molecule is Cc1cc2c(=O)c(-c3nc4cc(C(F)(F)F)ncc4[nH]3)cn(-c3ccc(Cl)cc3F)c2cc1C. The fourth-order valence-electron chi connectivity index (χ4n) is 3.82. The van der Waals surface area contributed by atoms with Gasteiger partial charge in [0.2, 0.25) is 0 Å². The number of halogens is 5. The molecule has 0 fully saturated rings. The number of pyridine rings is 2. The van der Waals surface area contributed by atoms with Crippen molar-refractivity contribution in [1.29, 1.82) is 0 Å². The standard InChI is InChI=1S/C24H15ClF4N4O/c1-11-5-14-20(6-12(11)2)33(19-4-3-13(25)7-16(19)26)10-15(22(14)34)23-31-17-8-21(24(27,28)29)30-9-18(17)32-23/h3-10H,1-2H3,(H,31,32). The van der Waals surface area contributed by atoms with Gasteiger partial charge in [-0.15, -0.1) is 0 Å². The molecule has 0 aliphatic carbocycles. The fourth-order valence-corrected chi connectivity index (χ4v) is 3.98. The number of aromatic nitrogens is 4. The Balaban J connectivity index is 1.82. The van der Waals surface area contributed by atoms with Crippen LogP contribution in [0, 0.1) is 19.7 Å². The van der Waals surface area contributed by atoms with Crippen molar-refractivity contribution in [2.75, 3.05) is 0 Å². The smallest absolute Gasteiger partial charge is 0.337 e.